The number of aromatic nitrogens is 1. The molecule has 3 aliphatic rings. The van der Waals surface area contributed by atoms with Gasteiger partial charge in [0.15, 0.2) is 0 Å². The van der Waals surface area contributed by atoms with Crippen LogP contribution in [0.4, 0.5) is 0 Å². The van der Waals surface area contributed by atoms with Crippen LogP contribution in [0.2, 0.25) is 0 Å². The molecule has 428 valence electrons. The van der Waals surface area contributed by atoms with Crippen molar-refractivity contribution in [3.8, 4) is 33.4 Å². The third-order valence-electron chi connectivity index (χ3n) is 13.0. The molecule has 0 atom stereocenters. The van der Waals surface area contributed by atoms with Crippen LogP contribution in [0, 0.1) is 20.8 Å². The summed E-state index contributed by atoms with van der Waals surface area (Å²) in [6, 6.07) is 76.2. The first-order chi connectivity index (χ1) is 39.0. The molecular weight excluding hydrogens is 963 g/mol. The van der Waals surface area contributed by atoms with Gasteiger partial charge in [-0.25, -0.2) is 0 Å². The van der Waals surface area contributed by atoms with Crippen LogP contribution in [0.1, 0.15) is 182 Å². The molecule has 0 saturated carbocycles. The van der Waals surface area contributed by atoms with Gasteiger partial charge in [0.2, 0.25) is 0 Å². The van der Waals surface area contributed by atoms with E-state index in [1.807, 2.05) is 143 Å². The minimum Gasteiger partial charge on any atom is -0.344 e. The first-order valence-corrected chi connectivity index (χ1v) is 30.5. The van der Waals surface area contributed by atoms with E-state index in [0.717, 1.165) is 6.42 Å². The molecule has 80 heavy (non-hydrogen) atoms. The summed E-state index contributed by atoms with van der Waals surface area (Å²) in [5, 5.41) is 2.68. The molecule has 3 aliphatic carbocycles. The number of nitrogens with zero attached hydrogens (tertiary/aromatic N) is 1. The van der Waals surface area contributed by atoms with E-state index in [-0.39, 0.29) is 12.8 Å². The Kier molecular flexibility index (Phi) is 36.4. The van der Waals surface area contributed by atoms with Gasteiger partial charge in [0.1, 0.15) is 0 Å². The number of fused-ring (bicyclic) bond motifs is 16. The summed E-state index contributed by atoms with van der Waals surface area (Å²) >= 11 is 0. The van der Waals surface area contributed by atoms with Crippen molar-refractivity contribution in [3.63, 3.8) is 0 Å². The zero-order chi connectivity index (χ0) is 59.5. The van der Waals surface area contributed by atoms with E-state index in [0.29, 0.717) is 0 Å². The number of hydrogen-bond donors (Lipinski definition) is 0. The van der Waals surface area contributed by atoms with Crippen LogP contribution in [-0.4, -0.2) is 4.57 Å². The average Bonchev–Trinajstić information content (AvgIpc) is 3.80. The van der Waals surface area contributed by atoms with E-state index in [1.165, 1.54) is 105 Å². The molecule has 10 aromatic rings. The average molecular weight is 1070 g/mol. The third-order valence-corrected chi connectivity index (χ3v) is 13.0. The van der Waals surface area contributed by atoms with Crippen molar-refractivity contribution in [2.24, 2.45) is 7.05 Å². The van der Waals surface area contributed by atoms with Crippen molar-refractivity contribution in [2.75, 3.05) is 0 Å². The Morgan fingerprint density at radius 2 is 0.575 bits per heavy atom. The van der Waals surface area contributed by atoms with Crippen LogP contribution >= 0.6 is 0 Å². The lowest BCUT2D eigenvalue weighted by molar-refractivity contribution is 0.793. The number of hydrogen-bond acceptors (Lipinski definition) is 0. The molecule has 1 heteroatoms. The van der Waals surface area contributed by atoms with E-state index in [4.69, 9.17) is 0 Å². The molecule has 0 amide bonds. The van der Waals surface area contributed by atoms with Crippen molar-refractivity contribution in [1.29, 1.82) is 0 Å². The Bertz CT molecular complexity index is 3020. The van der Waals surface area contributed by atoms with E-state index >= 15 is 0 Å². The minimum absolute atomic E-state index is 0. The first-order valence-electron chi connectivity index (χ1n) is 30.5. The molecule has 0 saturated heterocycles. The maximum absolute atomic E-state index is 2.34. The second kappa shape index (κ2) is 40.0. The molecule has 13 rings (SSSR count). The van der Waals surface area contributed by atoms with Gasteiger partial charge in [-0.1, -0.05) is 338 Å². The largest absolute Gasteiger partial charge is 0.344 e. The molecule has 0 N–H and O–H groups in total. The van der Waals surface area contributed by atoms with Crippen LogP contribution in [0.3, 0.4) is 0 Å². The van der Waals surface area contributed by atoms with Crippen LogP contribution in [0.5, 0.6) is 0 Å². The zero-order valence-corrected chi connectivity index (χ0v) is 53.4. The van der Waals surface area contributed by atoms with Gasteiger partial charge >= 0.3 is 0 Å². The highest BCUT2D eigenvalue weighted by Gasteiger charge is 2.52. The Morgan fingerprint density at radius 3 is 0.925 bits per heavy atom. The Morgan fingerprint density at radius 1 is 0.287 bits per heavy atom. The Balaban J connectivity index is 0.00000101. The predicted octanol–water partition coefficient (Wildman–Crippen LogP) is 25.1. The summed E-state index contributed by atoms with van der Waals surface area (Å²) in [6.45, 7) is 42.6. The molecule has 1 nitrogen and oxygen atoms in total. The van der Waals surface area contributed by atoms with Crippen LogP contribution in [0.25, 0.3) is 55.2 Å². The lowest BCUT2D eigenvalue weighted by Crippen LogP contribution is -2.25. The fraction of sp³-hybridized carbons (Fsp3) is 0.316. The lowest BCUT2D eigenvalue weighted by atomic mass is 9.70. The monoisotopic (exact) mass is 1070 g/mol. The quantitative estimate of drug-likeness (QED) is 0.143. The van der Waals surface area contributed by atoms with E-state index in [2.05, 4.69) is 227 Å². The smallest absolute Gasteiger partial charge is 0.0725 e. The second-order valence-corrected chi connectivity index (χ2v) is 16.6. The highest BCUT2D eigenvalue weighted by atomic mass is 14.9. The van der Waals surface area contributed by atoms with Gasteiger partial charge in [-0.05, 0) is 117 Å². The summed E-state index contributed by atoms with van der Waals surface area (Å²) < 4.78 is 2.24. The SMILES string of the molecule is C.CC.CC.CC.CC.CC.CC.CC.CC.CC.Cc1cccc2c1-c1ccccc1C21c2ccccc2-c2c(C)cccc21.Cc1ccccc1.Cn1c2ccccc2c2ccccc21.c1ccc2c(c1)Cc1ccccc1-2. The van der Waals surface area contributed by atoms with Crippen molar-refractivity contribution in [3.05, 3.63) is 262 Å². The van der Waals surface area contributed by atoms with Crippen molar-refractivity contribution in [1.82, 2.24) is 4.57 Å². The van der Waals surface area contributed by atoms with Crippen molar-refractivity contribution in [2.45, 2.75) is 165 Å². The summed E-state index contributed by atoms with van der Waals surface area (Å²) in [6.07, 6.45) is 1.10. The second-order valence-electron chi connectivity index (χ2n) is 16.6. The maximum atomic E-state index is 2.34. The zero-order valence-electron chi connectivity index (χ0n) is 53.4. The van der Waals surface area contributed by atoms with E-state index in [1.54, 1.807) is 0 Å². The molecule has 1 aromatic heterocycles. The molecule has 0 unspecified atom stereocenters. The van der Waals surface area contributed by atoms with E-state index in [9.17, 15) is 0 Å². The fourth-order valence-corrected chi connectivity index (χ4v) is 10.3. The maximum Gasteiger partial charge on any atom is 0.0725 e. The number of aryl methyl sites for hydroxylation is 4. The Labute approximate surface area is 491 Å². The standard InChI is InChI=1S/C27H20.C13H11N.C13H10.C7H8.9C2H6.CH4/c1-17-9-7-15-23-25(17)19-11-3-5-13-21(19)27(23)22-14-6-4-12-20(22)26-18(2)10-8-16-24(26)27;1-14-12-8-4-2-6-10(12)11-7-3-5-9-13(11)14;1-3-7-12-10(5-1)9-11-6-2-4-8-13(11)12;1-7-5-3-2-4-6-7;9*1-2;/h3-16H,1-2H3;2-9H,1H3;1-8H,9H2;2-6H,1H3;9*1-2H3;1H4. The molecule has 1 spiro atoms. The molecule has 9 aromatic carbocycles. The van der Waals surface area contributed by atoms with Gasteiger partial charge < -0.3 is 4.57 Å². The van der Waals surface area contributed by atoms with Gasteiger partial charge in [0.05, 0.1) is 5.41 Å². The van der Waals surface area contributed by atoms with Crippen LogP contribution in [-0.2, 0) is 18.9 Å². The summed E-state index contributed by atoms with van der Waals surface area (Å²) in [5.74, 6) is 0. The predicted molar refractivity (Wildman–Crippen MR) is 367 cm³/mol. The minimum atomic E-state index is -0.199. The van der Waals surface area contributed by atoms with Crippen molar-refractivity contribution >= 4 is 21.8 Å². The van der Waals surface area contributed by atoms with Gasteiger partial charge in [0, 0.05) is 28.9 Å². The fourth-order valence-electron chi connectivity index (χ4n) is 10.3. The molecule has 0 bridgehead atoms. The van der Waals surface area contributed by atoms with Crippen LogP contribution in [0.15, 0.2) is 212 Å². The van der Waals surface area contributed by atoms with Gasteiger partial charge in [-0.2, -0.15) is 0 Å². The molecular formula is C79H107N. The summed E-state index contributed by atoms with van der Waals surface area (Å²) in [4.78, 5) is 0. The Hall–Kier alpha value is -7.22. The van der Waals surface area contributed by atoms with E-state index < -0.39 is 0 Å². The van der Waals surface area contributed by atoms with Crippen LogP contribution < -0.4 is 0 Å². The normalized spacial score (nSPS) is 10.3. The molecule has 0 fully saturated rings. The molecule has 0 radical (unpaired) electrons. The topological polar surface area (TPSA) is 4.93 Å². The lowest BCUT2D eigenvalue weighted by Gasteiger charge is -2.30. The number of benzene rings is 9. The molecule has 0 aliphatic heterocycles. The summed E-state index contributed by atoms with van der Waals surface area (Å²) in [7, 11) is 2.12. The number of para-hydroxylation sites is 2. The molecule has 1 heterocycles. The van der Waals surface area contributed by atoms with Gasteiger partial charge in [0.25, 0.3) is 0 Å². The first kappa shape index (κ1) is 72.8. The third kappa shape index (κ3) is 16.0. The van der Waals surface area contributed by atoms with Gasteiger partial charge in [-0.3, -0.25) is 0 Å². The highest BCUT2D eigenvalue weighted by Crippen LogP contribution is 2.63. The summed E-state index contributed by atoms with van der Waals surface area (Å²) in [5.41, 5.74) is 23.5. The number of rotatable bonds is 0. The highest BCUT2D eigenvalue weighted by molar-refractivity contribution is 6.07. The van der Waals surface area contributed by atoms with Gasteiger partial charge in [-0.15, -0.1) is 0 Å². The van der Waals surface area contributed by atoms with Crippen molar-refractivity contribution < 1.29 is 0 Å².